The Morgan fingerprint density at radius 2 is 1.75 bits per heavy atom. The van der Waals surface area contributed by atoms with E-state index in [1.807, 2.05) is 41.1 Å². The van der Waals surface area contributed by atoms with Gasteiger partial charge in [-0.25, -0.2) is 5.43 Å². The van der Waals surface area contributed by atoms with Gasteiger partial charge in [-0.05, 0) is 23.8 Å². The Bertz CT molecular complexity index is 1690. The normalized spacial score (nSPS) is 11.3. The van der Waals surface area contributed by atoms with E-state index in [1.165, 1.54) is 29.5 Å². The van der Waals surface area contributed by atoms with E-state index in [-0.39, 0.29) is 11.4 Å². The number of para-hydroxylation sites is 1. The molecule has 2 aromatic heterocycles. The average Bonchev–Trinajstić information content (AvgIpc) is 3.45. The second-order valence-electron chi connectivity index (χ2n) is 7.95. The predicted octanol–water partition coefficient (Wildman–Crippen LogP) is 5.48. The number of benzene rings is 3. The van der Waals surface area contributed by atoms with Crippen LogP contribution < -0.4 is 5.43 Å². The van der Waals surface area contributed by atoms with E-state index in [0.29, 0.717) is 16.8 Å². The van der Waals surface area contributed by atoms with Gasteiger partial charge in [0.2, 0.25) is 0 Å². The number of non-ortho nitro benzene ring substituents is 2. The lowest BCUT2D eigenvalue weighted by Gasteiger charge is -2.05. The molecule has 0 unspecified atom stereocenters. The number of hydrogen-bond donors (Lipinski definition) is 1. The lowest BCUT2D eigenvalue weighted by atomic mass is 10.2. The van der Waals surface area contributed by atoms with Crippen LogP contribution >= 0.6 is 11.3 Å². The summed E-state index contributed by atoms with van der Waals surface area (Å²) in [4.78, 5) is 34.2. The summed E-state index contributed by atoms with van der Waals surface area (Å²) >= 11 is 1.22. The van der Waals surface area contributed by atoms with Crippen molar-refractivity contribution in [3.8, 4) is 0 Å². The molecule has 178 valence electrons. The molecule has 0 aliphatic rings. The van der Waals surface area contributed by atoms with Crippen molar-refractivity contribution in [1.29, 1.82) is 0 Å². The molecule has 5 rings (SSSR count). The largest absolute Gasteiger partial charge is 0.342 e. The highest BCUT2D eigenvalue weighted by Crippen LogP contribution is 2.29. The first-order valence-electron chi connectivity index (χ1n) is 10.7. The van der Waals surface area contributed by atoms with Crippen molar-refractivity contribution in [2.24, 2.45) is 5.10 Å². The van der Waals surface area contributed by atoms with E-state index < -0.39 is 15.8 Å². The number of aromatic nitrogens is 1. The first-order chi connectivity index (χ1) is 17.4. The molecule has 0 saturated carbocycles. The summed E-state index contributed by atoms with van der Waals surface area (Å²) in [5.74, 6) is -0.421. The number of hydrazone groups is 1. The highest BCUT2D eigenvalue weighted by Gasteiger charge is 2.14. The van der Waals surface area contributed by atoms with Crippen LogP contribution in [0, 0.1) is 20.2 Å². The Kier molecular flexibility index (Phi) is 5.97. The van der Waals surface area contributed by atoms with Crippen LogP contribution in [0.5, 0.6) is 0 Å². The quantitative estimate of drug-likeness (QED) is 0.180. The summed E-state index contributed by atoms with van der Waals surface area (Å²) < 4.78 is 2.73. The number of fused-ring (bicyclic) bond motifs is 2. The topological polar surface area (TPSA) is 133 Å². The minimum atomic E-state index is -0.476. The summed E-state index contributed by atoms with van der Waals surface area (Å²) in [6.45, 7) is 0.427. The van der Waals surface area contributed by atoms with E-state index >= 15 is 0 Å². The van der Waals surface area contributed by atoms with Crippen molar-refractivity contribution in [2.45, 2.75) is 6.54 Å². The molecule has 0 atom stereocenters. The maximum absolute atomic E-state index is 12.6. The Labute approximate surface area is 207 Å². The van der Waals surface area contributed by atoms with Crippen LogP contribution in [0.4, 0.5) is 11.4 Å². The van der Waals surface area contributed by atoms with Gasteiger partial charge in [0.15, 0.2) is 0 Å². The molecule has 11 heteroatoms. The van der Waals surface area contributed by atoms with Crippen molar-refractivity contribution in [3.05, 3.63) is 115 Å². The van der Waals surface area contributed by atoms with Crippen LogP contribution in [0.1, 0.15) is 20.8 Å². The van der Waals surface area contributed by atoms with Crippen molar-refractivity contribution < 1.29 is 14.6 Å². The zero-order valence-corrected chi connectivity index (χ0v) is 19.3. The van der Waals surface area contributed by atoms with Gasteiger partial charge in [0, 0.05) is 63.6 Å². The third-order valence-electron chi connectivity index (χ3n) is 5.60. The maximum Gasteiger partial charge on any atom is 0.281 e. The number of amides is 1. The van der Waals surface area contributed by atoms with Crippen LogP contribution in [0.25, 0.3) is 21.0 Å². The molecule has 36 heavy (non-hydrogen) atoms. The Hall–Kier alpha value is -4.90. The van der Waals surface area contributed by atoms with Crippen LogP contribution in [-0.2, 0) is 6.54 Å². The van der Waals surface area contributed by atoms with Gasteiger partial charge in [0.25, 0.3) is 17.3 Å². The Morgan fingerprint density at radius 1 is 0.972 bits per heavy atom. The molecule has 0 spiro atoms. The van der Waals surface area contributed by atoms with Gasteiger partial charge >= 0.3 is 0 Å². The number of hydrogen-bond acceptors (Lipinski definition) is 7. The molecule has 2 heterocycles. The molecule has 5 aromatic rings. The van der Waals surface area contributed by atoms with E-state index in [2.05, 4.69) is 10.5 Å². The number of thiophene rings is 1. The molecular formula is C25H17N5O5S. The fraction of sp³-hybridized carbons (Fsp3) is 0.0400. The third-order valence-corrected chi connectivity index (χ3v) is 6.71. The summed E-state index contributed by atoms with van der Waals surface area (Å²) in [6.07, 6.45) is 3.42. The minimum Gasteiger partial charge on any atom is -0.342 e. The number of carbonyl (C=O) groups is 1. The van der Waals surface area contributed by atoms with Gasteiger partial charge < -0.3 is 4.57 Å². The summed E-state index contributed by atoms with van der Waals surface area (Å²) in [5.41, 5.74) is 4.98. The molecule has 3 aromatic carbocycles. The molecule has 0 aliphatic carbocycles. The minimum absolute atomic E-state index is 0.0318. The van der Waals surface area contributed by atoms with E-state index in [9.17, 15) is 25.0 Å². The molecular weight excluding hydrogens is 482 g/mol. The van der Waals surface area contributed by atoms with E-state index in [0.717, 1.165) is 26.7 Å². The SMILES string of the molecule is O=C(NN=Cc1cn(Cc2cccc([N+](=O)[O-])c2)c2ccccc12)c1cc2cc([N+](=O)[O-])ccc2s1. The van der Waals surface area contributed by atoms with Crippen LogP contribution in [-0.4, -0.2) is 26.5 Å². The monoisotopic (exact) mass is 499 g/mol. The standard InChI is InChI=1S/C25H17N5O5S/c31-25(24-12-17-11-20(30(34)35)8-9-23(17)36-24)27-26-13-18-15-28(22-7-2-1-6-21(18)22)14-16-4-3-5-19(10-16)29(32)33/h1-13,15H,14H2,(H,27,31). The van der Waals surface area contributed by atoms with Crippen LogP contribution in [0.3, 0.4) is 0 Å². The highest BCUT2D eigenvalue weighted by atomic mass is 32.1. The van der Waals surface area contributed by atoms with Gasteiger partial charge in [0.05, 0.1) is 20.9 Å². The van der Waals surface area contributed by atoms with E-state index in [4.69, 9.17) is 0 Å². The first-order valence-corrected chi connectivity index (χ1v) is 11.5. The fourth-order valence-electron chi connectivity index (χ4n) is 3.95. The average molecular weight is 500 g/mol. The smallest absolute Gasteiger partial charge is 0.281 e. The molecule has 0 fully saturated rings. The zero-order chi connectivity index (χ0) is 25.2. The van der Waals surface area contributed by atoms with Gasteiger partial charge in [-0.2, -0.15) is 5.10 Å². The Morgan fingerprint density at radius 3 is 2.56 bits per heavy atom. The van der Waals surface area contributed by atoms with Crippen LogP contribution in [0.15, 0.2) is 84.1 Å². The molecule has 0 aliphatic heterocycles. The molecule has 10 nitrogen and oxygen atoms in total. The van der Waals surface area contributed by atoms with Gasteiger partial charge in [-0.3, -0.25) is 25.0 Å². The fourth-order valence-corrected chi connectivity index (χ4v) is 4.88. The second kappa shape index (κ2) is 9.39. The van der Waals surface area contributed by atoms with Crippen molar-refractivity contribution in [3.63, 3.8) is 0 Å². The highest BCUT2D eigenvalue weighted by molar-refractivity contribution is 7.20. The number of rotatable bonds is 7. The number of carbonyl (C=O) groups excluding carboxylic acids is 1. The van der Waals surface area contributed by atoms with Crippen LogP contribution in [0.2, 0.25) is 0 Å². The maximum atomic E-state index is 12.6. The number of nitrogens with zero attached hydrogens (tertiary/aromatic N) is 4. The number of nitrogens with one attached hydrogen (secondary N) is 1. The summed E-state index contributed by atoms with van der Waals surface area (Å²) in [6, 6.07) is 20.2. The lowest BCUT2D eigenvalue weighted by molar-refractivity contribution is -0.385. The Balaban J connectivity index is 1.36. The summed E-state index contributed by atoms with van der Waals surface area (Å²) in [7, 11) is 0. The predicted molar refractivity (Wildman–Crippen MR) is 138 cm³/mol. The van der Waals surface area contributed by atoms with Crippen molar-refractivity contribution in [1.82, 2.24) is 9.99 Å². The second-order valence-corrected chi connectivity index (χ2v) is 9.03. The lowest BCUT2D eigenvalue weighted by Crippen LogP contribution is -2.16. The number of nitro benzene ring substituents is 2. The van der Waals surface area contributed by atoms with E-state index in [1.54, 1.807) is 30.5 Å². The van der Waals surface area contributed by atoms with Gasteiger partial charge in [0.1, 0.15) is 0 Å². The third kappa shape index (κ3) is 4.55. The zero-order valence-electron chi connectivity index (χ0n) is 18.5. The van der Waals surface area contributed by atoms with Crippen molar-refractivity contribution in [2.75, 3.05) is 0 Å². The molecule has 0 bridgehead atoms. The van der Waals surface area contributed by atoms with Gasteiger partial charge in [-0.1, -0.05) is 30.3 Å². The molecule has 1 N–H and O–H groups in total. The molecule has 0 saturated heterocycles. The van der Waals surface area contributed by atoms with Crippen molar-refractivity contribution >= 4 is 55.8 Å². The molecule has 1 amide bonds. The number of nitro groups is 2. The summed E-state index contributed by atoms with van der Waals surface area (Å²) in [5, 5.41) is 27.7. The van der Waals surface area contributed by atoms with Gasteiger partial charge in [-0.15, -0.1) is 11.3 Å². The first kappa shape index (κ1) is 22.9. The molecule has 0 radical (unpaired) electrons.